The molecule has 0 unspecified atom stereocenters. The van der Waals surface area contributed by atoms with Crippen molar-refractivity contribution in [2.75, 3.05) is 6.54 Å². The molecule has 0 spiro atoms. The van der Waals surface area contributed by atoms with Gasteiger partial charge >= 0.3 is 0 Å². The van der Waals surface area contributed by atoms with Crippen LogP contribution < -0.4 is 0 Å². The van der Waals surface area contributed by atoms with Gasteiger partial charge in [0.15, 0.2) is 0 Å². The van der Waals surface area contributed by atoms with Crippen molar-refractivity contribution in [1.82, 2.24) is 9.47 Å². The quantitative estimate of drug-likeness (QED) is 0.850. The van der Waals surface area contributed by atoms with Gasteiger partial charge < -0.3 is 9.47 Å². The molecule has 1 aliphatic rings. The van der Waals surface area contributed by atoms with Crippen LogP contribution in [0.5, 0.6) is 0 Å². The third-order valence-corrected chi connectivity index (χ3v) is 4.56. The number of carbonyl (C=O) groups is 1. The second-order valence-corrected chi connectivity index (χ2v) is 5.89. The van der Waals surface area contributed by atoms with Gasteiger partial charge in [-0.2, -0.15) is 0 Å². The third kappa shape index (κ3) is 2.43. The van der Waals surface area contributed by atoms with Crippen LogP contribution in [0, 0.1) is 11.7 Å². The van der Waals surface area contributed by atoms with Crippen molar-refractivity contribution in [3.63, 3.8) is 0 Å². The molecule has 0 radical (unpaired) electrons. The van der Waals surface area contributed by atoms with E-state index in [2.05, 4.69) is 4.57 Å². The van der Waals surface area contributed by atoms with Gasteiger partial charge in [-0.1, -0.05) is 32.0 Å². The Morgan fingerprint density at radius 1 is 1.27 bits per heavy atom. The lowest BCUT2D eigenvalue weighted by Crippen LogP contribution is -2.44. The molecule has 22 heavy (non-hydrogen) atoms. The van der Waals surface area contributed by atoms with Crippen LogP contribution in [0.4, 0.5) is 4.39 Å². The number of hydrogen-bond acceptors (Lipinski definition) is 1. The minimum atomic E-state index is -0.341. The minimum absolute atomic E-state index is 0.0456. The summed E-state index contributed by atoms with van der Waals surface area (Å²) in [6.45, 7) is 5.32. The standard InChI is InChI=1S/C18H21FN2O/c1-3-13(2)18(22)21-12-11-20-10-6-9-16(20)17(21)14-7-4-5-8-15(14)19/h4-10,13,17H,3,11-12H2,1-2H3/t13-,17-/m1/s1. The van der Waals surface area contributed by atoms with Crippen molar-refractivity contribution in [2.45, 2.75) is 32.9 Å². The van der Waals surface area contributed by atoms with E-state index >= 15 is 0 Å². The molecule has 2 aromatic rings. The number of nitrogens with zero attached hydrogens (tertiary/aromatic N) is 2. The number of benzene rings is 1. The first-order valence-corrected chi connectivity index (χ1v) is 7.83. The van der Waals surface area contributed by atoms with E-state index in [1.165, 1.54) is 6.07 Å². The molecule has 1 aromatic heterocycles. The predicted octanol–water partition coefficient (Wildman–Crippen LogP) is 3.60. The highest BCUT2D eigenvalue weighted by Crippen LogP contribution is 2.34. The topological polar surface area (TPSA) is 25.2 Å². The van der Waals surface area contributed by atoms with E-state index in [1.54, 1.807) is 12.1 Å². The van der Waals surface area contributed by atoms with Gasteiger partial charge in [0.25, 0.3) is 0 Å². The van der Waals surface area contributed by atoms with Crippen molar-refractivity contribution >= 4 is 5.91 Å². The summed E-state index contributed by atoms with van der Waals surface area (Å²) in [6, 6.07) is 10.3. The number of fused-ring (bicyclic) bond motifs is 1. The molecule has 0 bridgehead atoms. The first-order valence-electron chi connectivity index (χ1n) is 7.83. The minimum Gasteiger partial charge on any atom is -0.348 e. The average molecular weight is 300 g/mol. The Hall–Kier alpha value is -2.10. The lowest BCUT2D eigenvalue weighted by Gasteiger charge is -2.38. The van der Waals surface area contributed by atoms with E-state index in [9.17, 15) is 9.18 Å². The highest BCUT2D eigenvalue weighted by atomic mass is 19.1. The lowest BCUT2D eigenvalue weighted by molar-refractivity contribution is -0.137. The maximum absolute atomic E-state index is 14.3. The Kier molecular flexibility index (Phi) is 4.01. The monoisotopic (exact) mass is 300 g/mol. The zero-order chi connectivity index (χ0) is 15.7. The van der Waals surface area contributed by atoms with Crippen LogP contribution in [0.1, 0.15) is 37.6 Å². The van der Waals surface area contributed by atoms with Gasteiger partial charge in [-0.05, 0) is 24.6 Å². The summed E-state index contributed by atoms with van der Waals surface area (Å²) in [6.07, 6.45) is 2.79. The van der Waals surface area contributed by atoms with Gasteiger partial charge in [0.2, 0.25) is 5.91 Å². The van der Waals surface area contributed by atoms with Crippen molar-refractivity contribution in [1.29, 1.82) is 0 Å². The zero-order valence-electron chi connectivity index (χ0n) is 13.0. The van der Waals surface area contributed by atoms with E-state index in [1.807, 2.05) is 43.1 Å². The Balaban J connectivity index is 2.07. The van der Waals surface area contributed by atoms with Crippen LogP contribution in [-0.4, -0.2) is 21.9 Å². The van der Waals surface area contributed by atoms with Gasteiger partial charge in [-0.3, -0.25) is 4.79 Å². The SMILES string of the molecule is CC[C@@H](C)C(=O)N1CCn2cccc2[C@H]1c1ccccc1F. The van der Waals surface area contributed by atoms with E-state index in [-0.39, 0.29) is 23.7 Å². The molecule has 3 rings (SSSR count). The molecule has 0 saturated carbocycles. The van der Waals surface area contributed by atoms with E-state index in [4.69, 9.17) is 0 Å². The lowest BCUT2D eigenvalue weighted by atomic mass is 9.97. The summed E-state index contributed by atoms with van der Waals surface area (Å²) >= 11 is 0. The number of amides is 1. The molecule has 0 aliphatic carbocycles. The second-order valence-electron chi connectivity index (χ2n) is 5.89. The highest BCUT2D eigenvalue weighted by Gasteiger charge is 2.34. The smallest absolute Gasteiger partial charge is 0.226 e. The molecule has 2 heterocycles. The van der Waals surface area contributed by atoms with E-state index < -0.39 is 0 Å². The van der Waals surface area contributed by atoms with Gasteiger partial charge in [0, 0.05) is 36.5 Å². The highest BCUT2D eigenvalue weighted by molar-refractivity contribution is 5.79. The van der Waals surface area contributed by atoms with Crippen molar-refractivity contribution in [3.05, 3.63) is 59.7 Å². The summed E-state index contributed by atoms with van der Waals surface area (Å²) in [7, 11) is 0. The predicted molar refractivity (Wildman–Crippen MR) is 83.8 cm³/mol. The molecular weight excluding hydrogens is 279 g/mol. The first kappa shape index (κ1) is 14.8. The Morgan fingerprint density at radius 2 is 2.05 bits per heavy atom. The Bertz CT molecular complexity index is 679. The van der Waals surface area contributed by atoms with Crippen LogP contribution in [0.25, 0.3) is 0 Å². The maximum Gasteiger partial charge on any atom is 0.226 e. The van der Waals surface area contributed by atoms with Crippen LogP contribution in [-0.2, 0) is 11.3 Å². The molecule has 3 nitrogen and oxygen atoms in total. The van der Waals surface area contributed by atoms with E-state index in [0.717, 1.165) is 18.7 Å². The molecule has 1 amide bonds. The van der Waals surface area contributed by atoms with Crippen molar-refractivity contribution < 1.29 is 9.18 Å². The molecule has 1 aliphatic heterocycles. The summed E-state index contributed by atoms with van der Waals surface area (Å²) < 4.78 is 16.5. The average Bonchev–Trinajstić information content (AvgIpc) is 3.01. The fourth-order valence-corrected chi connectivity index (χ4v) is 3.10. The van der Waals surface area contributed by atoms with Gasteiger partial charge in [0.05, 0.1) is 0 Å². The summed E-state index contributed by atoms with van der Waals surface area (Å²) in [5.74, 6) is -0.205. The van der Waals surface area contributed by atoms with Crippen LogP contribution >= 0.6 is 0 Å². The molecule has 116 valence electrons. The van der Waals surface area contributed by atoms with E-state index in [0.29, 0.717) is 12.1 Å². The maximum atomic E-state index is 14.3. The van der Waals surface area contributed by atoms with Gasteiger partial charge in [0.1, 0.15) is 11.9 Å². The number of carbonyl (C=O) groups excluding carboxylic acids is 1. The normalized spacial score (nSPS) is 18.9. The van der Waals surface area contributed by atoms with Crippen molar-refractivity contribution in [3.8, 4) is 0 Å². The molecule has 0 saturated heterocycles. The third-order valence-electron chi connectivity index (χ3n) is 4.56. The van der Waals surface area contributed by atoms with Crippen LogP contribution in [0.15, 0.2) is 42.6 Å². The molecule has 0 N–H and O–H groups in total. The molecular formula is C18H21FN2O. The molecule has 2 atom stereocenters. The van der Waals surface area contributed by atoms with Crippen molar-refractivity contribution in [2.24, 2.45) is 5.92 Å². The Labute approximate surface area is 130 Å². The zero-order valence-corrected chi connectivity index (χ0v) is 13.0. The molecule has 1 aromatic carbocycles. The second kappa shape index (κ2) is 5.95. The van der Waals surface area contributed by atoms with Gasteiger partial charge in [-0.15, -0.1) is 0 Å². The van der Waals surface area contributed by atoms with Crippen LogP contribution in [0.3, 0.4) is 0 Å². The summed E-state index contributed by atoms with van der Waals surface area (Å²) in [5.41, 5.74) is 1.55. The van der Waals surface area contributed by atoms with Gasteiger partial charge in [-0.25, -0.2) is 4.39 Å². The molecule has 0 fully saturated rings. The fourth-order valence-electron chi connectivity index (χ4n) is 3.10. The number of rotatable bonds is 3. The fraction of sp³-hybridized carbons (Fsp3) is 0.389. The molecule has 4 heteroatoms. The summed E-state index contributed by atoms with van der Waals surface area (Å²) in [5, 5.41) is 0. The van der Waals surface area contributed by atoms with Crippen LogP contribution in [0.2, 0.25) is 0 Å². The number of hydrogen-bond donors (Lipinski definition) is 0. The first-order chi connectivity index (χ1) is 10.6. The number of aromatic nitrogens is 1. The summed E-state index contributed by atoms with van der Waals surface area (Å²) in [4.78, 5) is 14.6. The largest absolute Gasteiger partial charge is 0.348 e. The number of halogens is 1. The Morgan fingerprint density at radius 3 is 2.77 bits per heavy atom.